The predicted molar refractivity (Wildman–Crippen MR) is 88.6 cm³/mol. The standard InChI is InChI=1S/C17H32S/c1-2-3-4-5-6-7-8-9-10-11-12-15-18-16-13-14-17-18/h13-14,16-18H,2-12,15H2,1H3. The Bertz CT molecular complexity index is 218. The van der Waals surface area contributed by atoms with Gasteiger partial charge in [0, 0.05) is 0 Å². The zero-order chi connectivity index (χ0) is 12.9. The van der Waals surface area contributed by atoms with Crippen molar-refractivity contribution in [2.24, 2.45) is 0 Å². The van der Waals surface area contributed by atoms with Crippen LogP contribution in [-0.4, -0.2) is 5.75 Å². The predicted octanol–water partition coefficient (Wildman–Crippen LogP) is 6.34. The molecule has 0 nitrogen and oxygen atoms in total. The lowest BCUT2D eigenvalue weighted by atomic mass is 10.1. The van der Waals surface area contributed by atoms with Crippen LogP contribution in [0.5, 0.6) is 0 Å². The van der Waals surface area contributed by atoms with Gasteiger partial charge < -0.3 is 0 Å². The molecule has 0 unspecified atom stereocenters. The van der Waals surface area contributed by atoms with Crippen LogP contribution in [0.2, 0.25) is 0 Å². The molecule has 0 bridgehead atoms. The third kappa shape index (κ3) is 8.85. The van der Waals surface area contributed by atoms with Crippen molar-refractivity contribution in [2.45, 2.75) is 77.6 Å². The SMILES string of the molecule is CCCCCCCCCCCCC[SH]1C=CC=C1. The van der Waals surface area contributed by atoms with Crippen LogP contribution in [-0.2, 0) is 0 Å². The van der Waals surface area contributed by atoms with E-state index in [1.54, 1.807) is 0 Å². The van der Waals surface area contributed by atoms with Gasteiger partial charge in [0.25, 0.3) is 0 Å². The summed E-state index contributed by atoms with van der Waals surface area (Å²) in [7, 11) is 0.157. The Labute approximate surface area is 117 Å². The van der Waals surface area contributed by atoms with E-state index in [4.69, 9.17) is 0 Å². The summed E-state index contributed by atoms with van der Waals surface area (Å²) in [6.45, 7) is 2.29. The normalized spacial score (nSPS) is 15.7. The quantitative estimate of drug-likeness (QED) is 0.310. The second kappa shape index (κ2) is 11.9. The van der Waals surface area contributed by atoms with Crippen LogP contribution in [0.4, 0.5) is 0 Å². The van der Waals surface area contributed by atoms with Crippen LogP contribution in [0.1, 0.15) is 77.6 Å². The molecule has 1 aliphatic rings. The highest BCUT2D eigenvalue weighted by Crippen LogP contribution is 2.33. The van der Waals surface area contributed by atoms with Gasteiger partial charge >= 0.3 is 0 Å². The number of hydrogen-bond acceptors (Lipinski definition) is 0. The Morgan fingerprint density at radius 3 is 1.56 bits per heavy atom. The maximum absolute atomic E-state index is 2.39. The third-order valence-corrected chi connectivity index (χ3v) is 5.63. The van der Waals surface area contributed by atoms with E-state index in [1.807, 2.05) is 0 Å². The van der Waals surface area contributed by atoms with E-state index >= 15 is 0 Å². The molecule has 0 atom stereocenters. The van der Waals surface area contributed by atoms with Crippen molar-refractivity contribution < 1.29 is 0 Å². The van der Waals surface area contributed by atoms with Gasteiger partial charge in [-0.05, 0) is 23.0 Å². The lowest BCUT2D eigenvalue weighted by molar-refractivity contribution is 0.555. The van der Waals surface area contributed by atoms with Crippen LogP contribution >= 0.6 is 10.9 Å². The Kier molecular flexibility index (Phi) is 10.5. The molecule has 0 fully saturated rings. The number of hydrogen-bond donors (Lipinski definition) is 1. The minimum Gasteiger partial charge on any atom is -0.213 e. The highest BCUT2D eigenvalue weighted by atomic mass is 32.2. The fraction of sp³-hybridized carbons (Fsp3) is 0.765. The molecule has 1 heteroatoms. The number of unbranched alkanes of at least 4 members (excludes halogenated alkanes) is 10. The van der Waals surface area contributed by atoms with Crippen LogP contribution in [0.15, 0.2) is 23.0 Å². The second-order valence-corrected chi connectivity index (χ2v) is 7.53. The first kappa shape index (κ1) is 15.9. The molecule has 0 aromatic rings. The van der Waals surface area contributed by atoms with Gasteiger partial charge in [0.1, 0.15) is 0 Å². The first-order chi connectivity index (χ1) is 8.93. The van der Waals surface area contributed by atoms with Crippen LogP contribution in [0.25, 0.3) is 0 Å². The molecular weight excluding hydrogens is 236 g/mol. The van der Waals surface area contributed by atoms with Gasteiger partial charge in [-0.15, -0.1) is 0 Å². The summed E-state index contributed by atoms with van der Waals surface area (Å²) < 4.78 is 0. The van der Waals surface area contributed by atoms with E-state index in [0.717, 1.165) is 0 Å². The molecule has 106 valence electrons. The average Bonchev–Trinajstić information content (AvgIpc) is 2.89. The van der Waals surface area contributed by atoms with Crippen molar-refractivity contribution >= 4 is 10.9 Å². The van der Waals surface area contributed by atoms with Crippen molar-refractivity contribution in [3.8, 4) is 0 Å². The maximum Gasteiger partial charge on any atom is -0.0185 e. The molecule has 1 aliphatic heterocycles. The molecule has 0 aromatic heterocycles. The minimum absolute atomic E-state index is 0.157. The monoisotopic (exact) mass is 268 g/mol. The fourth-order valence-electron chi connectivity index (χ4n) is 2.48. The van der Waals surface area contributed by atoms with Crippen molar-refractivity contribution in [3.63, 3.8) is 0 Å². The summed E-state index contributed by atoms with van der Waals surface area (Å²) in [5.41, 5.74) is 0. The Balaban J connectivity index is 1.71. The molecule has 0 radical (unpaired) electrons. The summed E-state index contributed by atoms with van der Waals surface area (Å²) in [6, 6.07) is 0. The molecule has 1 heterocycles. The van der Waals surface area contributed by atoms with E-state index in [2.05, 4.69) is 29.9 Å². The van der Waals surface area contributed by atoms with Crippen molar-refractivity contribution in [1.29, 1.82) is 0 Å². The van der Waals surface area contributed by atoms with E-state index in [1.165, 1.54) is 76.4 Å². The third-order valence-electron chi connectivity index (χ3n) is 3.69. The molecule has 0 aliphatic carbocycles. The van der Waals surface area contributed by atoms with E-state index in [0.29, 0.717) is 0 Å². The summed E-state index contributed by atoms with van der Waals surface area (Å²) in [5.74, 6) is 1.43. The summed E-state index contributed by atoms with van der Waals surface area (Å²) in [6.07, 6.45) is 20.4. The molecule has 0 N–H and O–H groups in total. The highest BCUT2D eigenvalue weighted by molar-refractivity contribution is 8.22. The Hall–Kier alpha value is -0.170. The van der Waals surface area contributed by atoms with Gasteiger partial charge in [-0.2, -0.15) is 0 Å². The van der Waals surface area contributed by atoms with Crippen LogP contribution < -0.4 is 0 Å². The van der Waals surface area contributed by atoms with Crippen LogP contribution in [0, 0.1) is 0 Å². The smallest absolute Gasteiger partial charge is 0.0185 e. The van der Waals surface area contributed by atoms with Crippen molar-refractivity contribution in [3.05, 3.63) is 23.0 Å². The first-order valence-corrected chi connectivity index (χ1v) is 9.70. The number of rotatable bonds is 12. The molecule has 0 spiro atoms. The van der Waals surface area contributed by atoms with Gasteiger partial charge in [-0.3, -0.25) is 0 Å². The Morgan fingerprint density at radius 1 is 0.611 bits per heavy atom. The van der Waals surface area contributed by atoms with Crippen molar-refractivity contribution in [2.75, 3.05) is 5.75 Å². The van der Waals surface area contributed by atoms with Crippen molar-refractivity contribution in [1.82, 2.24) is 0 Å². The van der Waals surface area contributed by atoms with Crippen LogP contribution in [0.3, 0.4) is 0 Å². The summed E-state index contributed by atoms with van der Waals surface area (Å²) >= 11 is 0. The molecule has 0 aromatic carbocycles. The topological polar surface area (TPSA) is 0 Å². The zero-order valence-electron chi connectivity index (χ0n) is 12.2. The van der Waals surface area contributed by atoms with E-state index < -0.39 is 0 Å². The van der Waals surface area contributed by atoms with Gasteiger partial charge in [-0.25, -0.2) is 10.9 Å². The second-order valence-electron chi connectivity index (χ2n) is 5.46. The highest BCUT2D eigenvalue weighted by Gasteiger charge is 1.98. The Morgan fingerprint density at radius 2 is 1.06 bits per heavy atom. The number of thiol groups is 1. The largest absolute Gasteiger partial charge is 0.213 e. The average molecular weight is 269 g/mol. The fourth-order valence-corrected chi connectivity index (χ4v) is 4.11. The zero-order valence-corrected chi connectivity index (χ0v) is 13.1. The molecule has 0 amide bonds. The van der Waals surface area contributed by atoms with Gasteiger partial charge in [0.05, 0.1) is 0 Å². The molecule has 1 rings (SSSR count). The van der Waals surface area contributed by atoms with E-state index in [9.17, 15) is 0 Å². The van der Waals surface area contributed by atoms with Gasteiger partial charge in [-0.1, -0.05) is 83.3 Å². The van der Waals surface area contributed by atoms with Gasteiger partial charge in [0.15, 0.2) is 0 Å². The van der Waals surface area contributed by atoms with Gasteiger partial charge in [0.2, 0.25) is 0 Å². The lowest BCUT2D eigenvalue weighted by Gasteiger charge is -2.08. The molecule has 0 saturated heterocycles. The maximum atomic E-state index is 2.39. The number of allylic oxidation sites excluding steroid dienone is 2. The molecule has 0 saturated carbocycles. The molecular formula is C17H32S. The summed E-state index contributed by atoms with van der Waals surface area (Å²) in [4.78, 5) is 0. The van der Waals surface area contributed by atoms with E-state index in [-0.39, 0.29) is 10.9 Å². The minimum atomic E-state index is 0.157. The lowest BCUT2D eigenvalue weighted by Crippen LogP contribution is -1.85. The molecule has 18 heavy (non-hydrogen) atoms. The first-order valence-electron chi connectivity index (χ1n) is 8.04. The summed E-state index contributed by atoms with van der Waals surface area (Å²) in [5, 5.41) is 4.79.